The highest BCUT2D eigenvalue weighted by molar-refractivity contribution is 7.89. The fraction of sp³-hybridized carbons (Fsp3) is 0.480. The SMILES string of the molecule is C[C@H](NC(=O)CN1CCN(S(=O)(=O)c2ccc3c(c2)CCC3)CC1)c1ccc2c(c1)OCCO2. The molecule has 1 saturated heterocycles. The Labute approximate surface area is 200 Å². The van der Waals surface area contributed by atoms with E-state index >= 15 is 0 Å². The molecule has 1 fully saturated rings. The van der Waals surface area contributed by atoms with Crippen molar-refractivity contribution in [3.05, 3.63) is 53.1 Å². The van der Waals surface area contributed by atoms with Crippen LogP contribution >= 0.6 is 0 Å². The zero-order chi connectivity index (χ0) is 23.7. The fourth-order valence-electron chi connectivity index (χ4n) is 4.89. The minimum absolute atomic E-state index is 0.0858. The second kappa shape index (κ2) is 9.56. The van der Waals surface area contributed by atoms with Gasteiger partial charge in [0.15, 0.2) is 11.5 Å². The number of amides is 1. The van der Waals surface area contributed by atoms with Gasteiger partial charge >= 0.3 is 0 Å². The van der Waals surface area contributed by atoms with Crippen LogP contribution in [0.2, 0.25) is 0 Å². The highest BCUT2D eigenvalue weighted by Crippen LogP contribution is 2.32. The molecule has 8 nitrogen and oxygen atoms in total. The van der Waals surface area contributed by atoms with E-state index in [9.17, 15) is 13.2 Å². The second-order valence-corrected chi connectivity index (χ2v) is 11.1. The lowest BCUT2D eigenvalue weighted by molar-refractivity contribution is -0.123. The van der Waals surface area contributed by atoms with E-state index in [0.717, 1.165) is 36.1 Å². The van der Waals surface area contributed by atoms with Crippen LogP contribution in [-0.2, 0) is 27.7 Å². The first-order chi connectivity index (χ1) is 16.4. The Hall–Kier alpha value is -2.62. The molecule has 1 N–H and O–H groups in total. The van der Waals surface area contributed by atoms with Crippen LogP contribution in [0, 0.1) is 0 Å². The first-order valence-corrected chi connectivity index (χ1v) is 13.4. The molecule has 3 aliphatic rings. The monoisotopic (exact) mass is 485 g/mol. The predicted molar refractivity (Wildman–Crippen MR) is 128 cm³/mol. The average Bonchev–Trinajstić information content (AvgIpc) is 3.32. The smallest absolute Gasteiger partial charge is 0.243 e. The topological polar surface area (TPSA) is 88.2 Å². The summed E-state index contributed by atoms with van der Waals surface area (Å²) in [6.45, 7) is 5.04. The zero-order valence-corrected chi connectivity index (χ0v) is 20.3. The number of nitrogens with zero attached hydrogens (tertiary/aromatic N) is 2. The summed E-state index contributed by atoms with van der Waals surface area (Å²) in [5.74, 6) is 1.34. The van der Waals surface area contributed by atoms with Crippen molar-refractivity contribution >= 4 is 15.9 Å². The summed E-state index contributed by atoms with van der Waals surface area (Å²) < 4.78 is 39.0. The Morgan fingerprint density at radius 2 is 1.71 bits per heavy atom. The van der Waals surface area contributed by atoms with Crippen molar-refractivity contribution in [3.8, 4) is 11.5 Å². The molecule has 182 valence electrons. The summed E-state index contributed by atoms with van der Waals surface area (Å²) >= 11 is 0. The minimum atomic E-state index is -3.51. The van der Waals surface area contributed by atoms with Gasteiger partial charge < -0.3 is 14.8 Å². The van der Waals surface area contributed by atoms with Crippen molar-refractivity contribution in [3.63, 3.8) is 0 Å². The molecule has 0 saturated carbocycles. The maximum absolute atomic E-state index is 13.1. The van der Waals surface area contributed by atoms with E-state index in [2.05, 4.69) is 5.32 Å². The Kier molecular flexibility index (Phi) is 6.50. The number of aryl methyl sites for hydroxylation is 2. The number of ether oxygens (including phenoxy) is 2. The van der Waals surface area contributed by atoms with Crippen LogP contribution in [0.5, 0.6) is 11.5 Å². The summed E-state index contributed by atoms with van der Waals surface area (Å²) in [6.07, 6.45) is 3.07. The van der Waals surface area contributed by atoms with Gasteiger partial charge in [0.05, 0.1) is 17.5 Å². The van der Waals surface area contributed by atoms with Crippen molar-refractivity contribution in [1.82, 2.24) is 14.5 Å². The maximum Gasteiger partial charge on any atom is 0.243 e. The third kappa shape index (κ3) is 4.78. The summed E-state index contributed by atoms with van der Waals surface area (Å²) in [7, 11) is -3.51. The molecule has 2 aliphatic heterocycles. The summed E-state index contributed by atoms with van der Waals surface area (Å²) in [4.78, 5) is 15.0. The van der Waals surface area contributed by atoms with Crippen molar-refractivity contribution < 1.29 is 22.7 Å². The normalized spacial score (nSPS) is 19.4. The third-order valence-electron chi connectivity index (χ3n) is 6.85. The van der Waals surface area contributed by atoms with Gasteiger partial charge in [0.2, 0.25) is 15.9 Å². The Bertz CT molecular complexity index is 1180. The lowest BCUT2D eigenvalue weighted by Crippen LogP contribution is -2.51. The van der Waals surface area contributed by atoms with Crippen LogP contribution in [0.4, 0.5) is 0 Å². The number of nitrogens with one attached hydrogen (secondary N) is 1. The highest BCUT2D eigenvalue weighted by atomic mass is 32.2. The quantitative estimate of drug-likeness (QED) is 0.675. The van der Waals surface area contributed by atoms with Crippen molar-refractivity contribution in [2.75, 3.05) is 45.9 Å². The molecule has 0 bridgehead atoms. The minimum Gasteiger partial charge on any atom is -0.486 e. The first kappa shape index (κ1) is 23.1. The number of hydrogen-bond donors (Lipinski definition) is 1. The summed E-state index contributed by atoms with van der Waals surface area (Å²) in [5, 5.41) is 3.03. The Balaban J connectivity index is 1.13. The molecule has 5 rings (SSSR count). The van der Waals surface area contributed by atoms with Gasteiger partial charge in [-0.25, -0.2) is 8.42 Å². The van der Waals surface area contributed by atoms with Gasteiger partial charge in [0, 0.05) is 26.2 Å². The molecule has 34 heavy (non-hydrogen) atoms. The predicted octanol–water partition coefficient (Wildman–Crippen LogP) is 2.13. The van der Waals surface area contributed by atoms with E-state index in [1.165, 1.54) is 9.87 Å². The first-order valence-electron chi connectivity index (χ1n) is 11.9. The van der Waals surface area contributed by atoms with Crippen LogP contribution < -0.4 is 14.8 Å². The van der Waals surface area contributed by atoms with Crippen LogP contribution in [-0.4, -0.2) is 69.5 Å². The third-order valence-corrected chi connectivity index (χ3v) is 8.74. The molecule has 0 unspecified atom stereocenters. The molecule has 0 radical (unpaired) electrons. The van der Waals surface area contributed by atoms with Gasteiger partial charge in [-0.2, -0.15) is 4.31 Å². The molecule has 1 aliphatic carbocycles. The van der Waals surface area contributed by atoms with Crippen molar-refractivity contribution in [2.45, 2.75) is 37.1 Å². The number of carbonyl (C=O) groups is 1. The number of rotatable bonds is 6. The average molecular weight is 486 g/mol. The van der Waals surface area contributed by atoms with E-state index in [-0.39, 0.29) is 18.5 Å². The van der Waals surface area contributed by atoms with Gasteiger partial charge in [-0.3, -0.25) is 9.69 Å². The largest absolute Gasteiger partial charge is 0.486 e. The second-order valence-electron chi connectivity index (χ2n) is 9.16. The van der Waals surface area contributed by atoms with Gasteiger partial charge in [0.25, 0.3) is 0 Å². The molecule has 9 heteroatoms. The van der Waals surface area contributed by atoms with Crippen LogP contribution in [0.3, 0.4) is 0 Å². The standard InChI is InChI=1S/C25H31N3O5S/c1-18(20-6-8-23-24(16-20)33-14-13-32-23)26-25(29)17-27-9-11-28(12-10-27)34(30,31)22-7-5-19-3-2-4-21(19)15-22/h5-8,15-16,18H,2-4,9-14,17H2,1H3,(H,26,29)/t18-/m0/s1. The lowest BCUT2D eigenvalue weighted by atomic mass is 10.1. The van der Waals surface area contributed by atoms with E-state index in [0.29, 0.717) is 50.0 Å². The van der Waals surface area contributed by atoms with E-state index in [1.807, 2.05) is 42.2 Å². The number of benzene rings is 2. The van der Waals surface area contributed by atoms with Crippen LogP contribution in [0.1, 0.15) is 36.1 Å². The van der Waals surface area contributed by atoms with E-state index in [4.69, 9.17) is 9.47 Å². The van der Waals surface area contributed by atoms with E-state index in [1.54, 1.807) is 6.07 Å². The molecule has 0 spiro atoms. The number of carbonyl (C=O) groups excluding carboxylic acids is 1. The van der Waals surface area contributed by atoms with Gasteiger partial charge in [-0.05, 0) is 67.1 Å². The van der Waals surface area contributed by atoms with E-state index < -0.39 is 10.0 Å². The molecule has 1 amide bonds. The number of piperazine rings is 1. The molecule has 2 aromatic carbocycles. The van der Waals surface area contributed by atoms with Crippen molar-refractivity contribution in [1.29, 1.82) is 0 Å². The van der Waals surface area contributed by atoms with Crippen LogP contribution in [0.25, 0.3) is 0 Å². The molecule has 1 atom stereocenters. The lowest BCUT2D eigenvalue weighted by Gasteiger charge is -2.33. The van der Waals surface area contributed by atoms with Crippen molar-refractivity contribution in [2.24, 2.45) is 0 Å². The number of fused-ring (bicyclic) bond motifs is 2. The summed E-state index contributed by atoms with van der Waals surface area (Å²) in [5.41, 5.74) is 3.37. The van der Waals surface area contributed by atoms with Crippen LogP contribution in [0.15, 0.2) is 41.3 Å². The molecular weight excluding hydrogens is 454 g/mol. The zero-order valence-electron chi connectivity index (χ0n) is 19.5. The maximum atomic E-state index is 13.1. The van der Waals surface area contributed by atoms with Gasteiger partial charge in [-0.15, -0.1) is 0 Å². The molecular formula is C25H31N3O5S. The van der Waals surface area contributed by atoms with Gasteiger partial charge in [0.1, 0.15) is 13.2 Å². The number of hydrogen-bond acceptors (Lipinski definition) is 6. The molecule has 0 aromatic heterocycles. The molecule has 2 heterocycles. The summed E-state index contributed by atoms with van der Waals surface area (Å²) in [6, 6.07) is 11.1. The fourth-order valence-corrected chi connectivity index (χ4v) is 6.36. The Morgan fingerprint density at radius 3 is 2.50 bits per heavy atom. The molecule has 2 aromatic rings. The number of sulfonamides is 1. The van der Waals surface area contributed by atoms with Gasteiger partial charge in [-0.1, -0.05) is 12.1 Å². The highest BCUT2D eigenvalue weighted by Gasteiger charge is 2.30. The Morgan fingerprint density at radius 1 is 0.971 bits per heavy atom.